The maximum Gasteiger partial charge on any atom is 0.173 e. The quantitative estimate of drug-likeness (QED) is 0.623. The molecular weight excluding hydrogens is 316 g/mol. The van der Waals surface area contributed by atoms with Crippen LogP contribution in [0.5, 0.6) is 0 Å². The number of hydrogen-bond donors (Lipinski definition) is 0. The van der Waals surface area contributed by atoms with Crippen LogP contribution in [0.4, 0.5) is 0 Å². The van der Waals surface area contributed by atoms with E-state index in [0.29, 0.717) is 5.92 Å². The highest BCUT2D eigenvalue weighted by Gasteiger charge is 2.21. The summed E-state index contributed by atoms with van der Waals surface area (Å²) in [4.78, 5) is 2.59. The molecule has 0 spiro atoms. The van der Waals surface area contributed by atoms with Crippen LogP contribution < -0.4 is 4.57 Å². The van der Waals surface area contributed by atoms with E-state index in [1.54, 1.807) is 0 Å². The zero-order chi connectivity index (χ0) is 17.6. The number of nitrogens with zero attached hydrogens (tertiary/aromatic N) is 2. The number of rotatable bonds is 5. The summed E-state index contributed by atoms with van der Waals surface area (Å²) in [5, 5.41) is 0. The fraction of sp³-hybridized carbons (Fsp3) is 0.292. The van der Waals surface area contributed by atoms with Gasteiger partial charge in [0.05, 0.1) is 0 Å². The molecule has 1 aromatic heterocycles. The minimum atomic E-state index is 0.702. The van der Waals surface area contributed by atoms with Crippen molar-refractivity contribution in [2.45, 2.75) is 31.8 Å². The molecule has 2 nitrogen and oxygen atoms in total. The summed E-state index contributed by atoms with van der Waals surface area (Å²) >= 11 is 0. The van der Waals surface area contributed by atoms with Crippen molar-refractivity contribution in [1.29, 1.82) is 0 Å². The summed E-state index contributed by atoms with van der Waals surface area (Å²) in [7, 11) is 0. The van der Waals surface area contributed by atoms with Crippen molar-refractivity contribution >= 4 is 0 Å². The first-order chi connectivity index (χ1) is 12.9. The maximum absolute atomic E-state index is 2.59. The summed E-state index contributed by atoms with van der Waals surface area (Å²) < 4.78 is 2.27. The topological polar surface area (TPSA) is 7.12 Å². The van der Waals surface area contributed by atoms with Gasteiger partial charge in [0.15, 0.2) is 18.9 Å². The number of likely N-dealkylation sites (tertiary alicyclic amines) is 1. The highest BCUT2D eigenvalue weighted by atomic mass is 15.1. The summed E-state index contributed by atoms with van der Waals surface area (Å²) in [5.74, 6) is 0.702. The molecule has 4 rings (SSSR count). The van der Waals surface area contributed by atoms with Gasteiger partial charge in [-0.1, -0.05) is 60.7 Å². The Morgan fingerprint density at radius 3 is 1.92 bits per heavy atom. The summed E-state index contributed by atoms with van der Waals surface area (Å²) in [6.07, 6.45) is 6.99. The molecule has 2 aromatic carbocycles. The number of hydrogen-bond acceptors (Lipinski definition) is 1. The lowest BCUT2D eigenvalue weighted by molar-refractivity contribution is -0.688. The van der Waals surface area contributed by atoms with Gasteiger partial charge >= 0.3 is 0 Å². The molecule has 1 fully saturated rings. The Kier molecular flexibility index (Phi) is 5.41. The smallest absolute Gasteiger partial charge is 0.173 e. The van der Waals surface area contributed by atoms with E-state index in [1.165, 1.54) is 42.6 Å². The normalized spacial score (nSPS) is 15.8. The van der Waals surface area contributed by atoms with Gasteiger partial charge in [0.25, 0.3) is 0 Å². The molecule has 0 unspecified atom stereocenters. The minimum absolute atomic E-state index is 0.702. The highest BCUT2D eigenvalue weighted by Crippen LogP contribution is 2.28. The van der Waals surface area contributed by atoms with Crippen molar-refractivity contribution in [2.75, 3.05) is 13.1 Å². The standard InChI is InChI=1S/C24H27N2/c1-3-7-21(8-4-1)19-25-15-11-23(12-16-25)24-13-17-26(18-14-24)20-22-9-5-2-6-10-22/h1-12,15-16,24H,13-14,17-20H2/q+1. The van der Waals surface area contributed by atoms with Crippen molar-refractivity contribution < 1.29 is 4.57 Å². The Labute approximate surface area is 156 Å². The van der Waals surface area contributed by atoms with E-state index in [1.807, 2.05) is 0 Å². The Morgan fingerprint density at radius 1 is 0.731 bits per heavy atom. The zero-order valence-electron chi connectivity index (χ0n) is 15.3. The van der Waals surface area contributed by atoms with Crippen molar-refractivity contribution in [2.24, 2.45) is 0 Å². The first-order valence-electron chi connectivity index (χ1n) is 9.66. The highest BCUT2D eigenvalue weighted by molar-refractivity contribution is 5.17. The third-order valence-corrected chi connectivity index (χ3v) is 5.43. The van der Waals surface area contributed by atoms with Crippen LogP contribution in [0.1, 0.15) is 35.4 Å². The molecule has 3 aromatic rings. The molecule has 1 saturated heterocycles. The van der Waals surface area contributed by atoms with E-state index < -0.39 is 0 Å². The molecule has 0 bridgehead atoms. The third kappa shape index (κ3) is 4.39. The van der Waals surface area contributed by atoms with Crippen LogP contribution in [0.3, 0.4) is 0 Å². The first kappa shape index (κ1) is 17.0. The molecule has 132 valence electrons. The lowest BCUT2D eigenvalue weighted by Crippen LogP contribution is -2.34. The first-order valence-corrected chi connectivity index (χ1v) is 9.66. The summed E-state index contributed by atoms with van der Waals surface area (Å²) in [6, 6.07) is 26.1. The van der Waals surface area contributed by atoms with Gasteiger partial charge in [-0.2, -0.15) is 0 Å². The second kappa shape index (κ2) is 8.29. The van der Waals surface area contributed by atoms with E-state index >= 15 is 0 Å². The zero-order valence-corrected chi connectivity index (χ0v) is 15.3. The molecule has 1 aliphatic rings. The maximum atomic E-state index is 2.59. The lowest BCUT2D eigenvalue weighted by atomic mass is 9.90. The molecule has 2 heterocycles. The van der Waals surface area contributed by atoms with Gasteiger partial charge in [0.1, 0.15) is 0 Å². The Balaban J connectivity index is 1.31. The number of pyridine rings is 1. The molecule has 0 amide bonds. The van der Waals surface area contributed by atoms with Crippen LogP contribution in [0.15, 0.2) is 85.2 Å². The van der Waals surface area contributed by atoms with E-state index in [-0.39, 0.29) is 0 Å². The van der Waals surface area contributed by atoms with Gasteiger partial charge in [0, 0.05) is 24.2 Å². The number of benzene rings is 2. The SMILES string of the molecule is c1ccc(CN2CCC(c3cc[n+](Cc4ccccc4)cc3)CC2)cc1. The van der Waals surface area contributed by atoms with Gasteiger partial charge in [0.2, 0.25) is 0 Å². The number of piperidine rings is 1. The van der Waals surface area contributed by atoms with E-state index in [4.69, 9.17) is 0 Å². The Hall–Kier alpha value is -2.45. The molecule has 0 aliphatic carbocycles. The van der Waals surface area contributed by atoms with Crippen molar-refractivity contribution in [1.82, 2.24) is 4.90 Å². The summed E-state index contributed by atoms with van der Waals surface area (Å²) in [5.41, 5.74) is 4.26. The monoisotopic (exact) mass is 343 g/mol. The fourth-order valence-electron chi connectivity index (χ4n) is 3.91. The van der Waals surface area contributed by atoms with Crippen molar-refractivity contribution in [3.8, 4) is 0 Å². The fourth-order valence-corrected chi connectivity index (χ4v) is 3.91. The summed E-state index contributed by atoms with van der Waals surface area (Å²) in [6.45, 7) is 4.41. The molecule has 0 atom stereocenters. The van der Waals surface area contributed by atoms with Crippen LogP contribution in [0, 0.1) is 0 Å². The van der Waals surface area contributed by atoms with Crippen LogP contribution in [0.2, 0.25) is 0 Å². The van der Waals surface area contributed by atoms with Crippen molar-refractivity contribution in [3.63, 3.8) is 0 Å². The van der Waals surface area contributed by atoms with Crippen molar-refractivity contribution in [3.05, 3.63) is 102 Å². The number of aromatic nitrogens is 1. The molecule has 26 heavy (non-hydrogen) atoms. The lowest BCUT2D eigenvalue weighted by Gasteiger charge is -2.32. The largest absolute Gasteiger partial charge is 0.299 e. The van der Waals surface area contributed by atoms with E-state index in [9.17, 15) is 0 Å². The molecule has 0 radical (unpaired) electrons. The van der Waals surface area contributed by atoms with E-state index in [2.05, 4.69) is 94.7 Å². The van der Waals surface area contributed by atoms with Crippen LogP contribution in [-0.4, -0.2) is 18.0 Å². The van der Waals surface area contributed by atoms with Crippen LogP contribution in [0.25, 0.3) is 0 Å². The van der Waals surface area contributed by atoms with Gasteiger partial charge < -0.3 is 0 Å². The Bertz CT molecular complexity index is 789. The average Bonchev–Trinajstić information content (AvgIpc) is 2.71. The predicted molar refractivity (Wildman–Crippen MR) is 106 cm³/mol. The Morgan fingerprint density at radius 2 is 1.31 bits per heavy atom. The predicted octanol–water partition coefficient (Wildman–Crippen LogP) is 4.40. The van der Waals surface area contributed by atoms with Gasteiger partial charge in [-0.3, -0.25) is 4.90 Å². The third-order valence-electron chi connectivity index (χ3n) is 5.43. The van der Waals surface area contributed by atoms with Gasteiger partial charge in [-0.15, -0.1) is 0 Å². The van der Waals surface area contributed by atoms with Gasteiger partial charge in [-0.05, 0) is 43.0 Å². The molecule has 0 N–H and O–H groups in total. The van der Waals surface area contributed by atoms with E-state index in [0.717, 1.165) is 13.1 Å². The molecule has 1 aliphatic heterocycles. The minimum Gasteiger partial charge on any atom is -0.299 e. The second-order valence-electron chi connectivity index (χ2n) is 7.33. The molecular formula is C24H27N2+. The van der Waals surface area contributed by atoms with Crippen LogP contribution in [-0.2, 0) is 13.1 Å². The second-order valence-corrected chi connectivity index (χ2v) is 7.33. The van der Waals surface area contributed by atoms with Gasteiger partial charge in [-0.25, -0.2) is 4.57 Å². The average molecular weight is 343 g/mol. The van der Waals surface area contributed by atoms with Crippen LogP contribution >= 0.6 is 0 Å². The molecule has 0 saturated carbocycles. The molecule has 2 heteroatoms.